The molecule has 0 radical (unpaired) electrons. The quantitative estimate of drug-likeness (QED) is 0.813. The predicted octanol–water partition coefficient (Wildman–Crippen LogP) is 1.62. The molecule has 0 saturated carbocycles. The molecule has 138 valence electrons. The summed E-state index contributed by atoms with van der Waals surface area (Å²) in [5.41, 5.74) is 0.309. The molecule has 2 N–H and O–H groups in total. The normalized spacial score (nSPS) is 15.6. The minimum absolute atomic E-state index is 0.0774. The summed E-state index contributed by atoms with van der Waals surface area (Å²) in [5, 5.41) is 2.63. The number of halogens is 3. The summed E-state index contributed by atoms with van der Waals surface area (Å²) in [6, 6.07) is 5.29. The third-order valence-electron chi connectivity index (χ3n) is 3.40. The highest BCUT2D eigenvalue weighted by Crippen LogP contribution is 2.21. The van der Waals surface area contributed by atoms with E-state index in [-0.39, 0.29) is 11.6 Å². The number of urea groups is 1. The molecular formula is C14H16F3N3O4S. The second kappa shape index (κ2) is 7.30. The number of anilines is 1. The van der Waals surface area contributed by atoms with Gasteiger partial charge in [0, 0.05) is 24.3 Å². The number of carbonyl (C=O) groups is 2. The largest absolute Gasteiger partial charge is 0.390 e. The number of amides is 3. The number of benzene rings is 1. The van der Waals surface area contributed by atoms with E-state index in [1.54, 1.807) is 10.8 Å². The zero-order valence-corrected chi connectivity index (χ0v) is 13.8. The maximum Gasteiger partial charge on any atom is 0.390 e. The predicted molar refractivity (Wildman–Crippen MR) is 83.7 cm³/mol. The number of rotatable bonds is 5. The fourth-order valence-corrected chi connectivity index (χ4v) is 3.19. The number of alkyl halides is 3. The summed E-state index contributed by atoms with van der Waals surface area (Å²) in [7, 11) is -4.42. The van der Waals surface area contributed by atoms with Crippen molar-refractivity contribution in [3.8, 4) is 0 Å². The Kier molecular flexibility index (Phi) is 5.55. The second-order valence-corrected chi connectivity index (χ2v) is 7.24. The zero-order chi connectivity index (χ0) is 18.7. The van der Waals surface area contributed by atoms with E-state index in [1.165, 1.54) is 23.1 Å². The smallest absolute Gasteiger partial charge is 0.338 e. The van der Waals surface area contributed by atoms with E-state index in [2.05, 4.69) is 5.32 Å². The molecule has 0 unspecified atom stereocenters. The van der Waals surface area contributed by atoms with Gasteiger partial charge in [0.25, 0.3) is 5.91 Å². The molecule has 2 rings (SSSR count). The second-order valence-electron chi connectivity index (χ2n) is 5.40. The van der Waals surface area contributed by atoms with Gasteiger partial charge in [-0.05, 0) is 24.6 Å². The first-order chi connectivity index (χ1) is 11.6. The fourth-order valence-electron chi connectivity index (χ4n) is 2.19. The number of carbonyl (C=O) groups excluding carboxylic acids is 2. The lowest BCUT2D eigenvalue weighted by Crippen LogP contribution is -2.46. The van der Waals surface area contributed by atoms with Crippen molar-refractivity contribution in [3.05, 3.63) is 29.8 Å². The Morgan fingerprint density at radius 1 is 1.32 bits per heavy atom. The Balaban J connectivity index is 2.09. The molecule has 1 aliphatic heterocycles. The molecule has 1 fully saturated rings. The summed E-state index contributed by atoms with van der Waals surface area (Å²) in [4.78, 5) is 25.2. The van der Waals surface area contributed by atoms with Gasteiger partial charge in [0.2, 0.25) is 10.0 Å². The molecular weight excluding hydrogens is 363 g/mol. The van der Waals surface area contributed by atoms with E-state index < -0.39 is 34.3 Å². The minimum Gasteiger partial charge on any atom is -0.338 e. The van der Waals surface area contributed by atoms with Gasteiger partial charge in [-0.25, -0.2) is 17.9 Å². The van der Waals surface area contributed by atoms with Crippen LogP contribution in [0, 0.1) is 0 Å². The minimum atomic E-state index is -4.64. The molecule has 0 aliphatic carbocycles. The number of hydrogen-bond donors (Lipinski definition) is 2. The van der Waals surface area contributed by atoms with E-state index in [0.29, 0.717) is 25.2 Å². The number of nitrogens with zero attached hydrogens (tertiary/aromatic N) is 1. The van der Waals surface area contributed by atoms with Crippen LogP contribution in [0.3, 0.4) is 0 Å². The van der Waals surface area contributed by atoms with Crippen LogP contribution in [-0.2, 0) is 10.0 Å². The highest BCUT2D eigenvalue weighted by atomic mass is 32.2. The van der Waals surface area contributed by atoms with Crippen LogP contribution in [0.4, 0.5) is 23.7 Å². The number of hydrogen-bond acceptors (Lipinski definition) is 4. The van der Waals surface area contributed by atoms with Gasteiger partial charge in [0.15, 0.2) is 0 Å². The van der Waals surface area contributed by atoms with Crippen LogP contribution in [0.25, 0.3) is 0 Å². The molecule has 25 heavy (non-hydrogen) atoms. The van der Waals surface area contributed by atoms with E-state index in [9.17, 15) is 31.2 Å². The first-order valence-corrected chi connectivity index (χ1v) is 9.00. The number of sulfonamides is 1. The van der Waals surface area contributed by atoms with Gasteiger partial charge < -0.3 is 5.32 Å². The molecule has 7 nitrogen and oxygen atoms in total. The van der Waals surface area contributed by atoms with E-state index >= 15 is 0 Å². The van der Waals surface area contributed by atoms with Crippen LogP contribution in [-0.4, -0.2) is 45.4 Å². The van der Waals surface area contributed by atoms with Crippen LogP contribution in [0.2, 0.25) is 0 Å². The lowest BCUT2D eigenvalue weighted by molar-refractivity contribution is -0.130. The average molecular weight is 379 g/mol. The molecule has 1 aromatic rings. The Labute approximate surface area is 142 Å². The molecule has 1 saturated heterocycles. The molecule has 1 aliphatic rings. The average Bonchev–Trinajstić information content (AvgIpc) is 2.53. The maximum absolute atomic E-state index is 12.1. The molecule has 11 heteroatoms. The van der Waals surface area contributed by atoms with Crippen LogP contribution in [0.5, 0.6) is 0 Å². The summed E-state index contributed by atoms with van der Waals surface area (Å²) < 4.78 is 61.2. The van der Waals surface area contributed by atoms with Crippen LogP contribution < -0.4 is 14.9 Å². The van der Waals surface area contributed by atoms with Crippen molar-refractivity contribution in [2.75, 3.05) is 23.7 Å². The van der Waals surface area contributed by atoms with Gasteiger partial charge >= 0.3 is 12.2 Å². The van der Waals surface area contributed by atoms with Crippen LogP contribution >= 0.6 is 0 Å². The van der Waals surface area contributed by atoms with Gasteiger partial charge in [0.1, 0.15) is 0 Å². The Bertz CT molecular complexity index is 765. The first kappa shape index (κ1) is 19.0. The van der Waals surface area contributed by atoms with Crippen LogP contribution in [0.1, 0.15) is 23.2 Å². The van der Waals surface area contributed by atoms with Crippen molar-refractivity contribution >= 4 is 27.6 Å². The van der Waals surface area contributed by atoms with Gasteiger partial charge in [-0.2, -0.15) is 13.2 Å². The molecule has 3 amide bonds. The molecule has 0 spiro atoms. The van der Waals surface area contributed by atoms with Crippen molar-refractivity contribution in [3.63, 3.8) is 0 Å². The summed E-state index contributed by atoms with van der Waals surface area (Å²) >= 11 is 0. The van der Waals surface area contributed by atoms with Crippen molar-refractivity contribution in [1.82, 2.24) is 10.0 Å². The fraction of sp³-hybridized carbons (Fsp3) is 0.429. The summed E-state index contributed by atoms with van der Waals surface area (Å²) in [6.45, 7) is 0.966. The van der Waals surface area contributed by atoms with Crippen molar-refractivity contribution in [2.24, 2.45) is 0 Å². The maximum atomic E-state index is 12.1. The summed E-state index contributed by atoms with van der Waals surface area (Å²) in [6.07, 6.45) is -5.49. The summed E-state index contributed by atoms with van der Waals surface area (Å²) in [5.74, 6) is -2.29. The molecule has 0 aromatic heterocycles. The van der Waals surface area contributed by atoms with E-state index in [1.807, 2.05) is 0 Å². The highest BCUT2D eigenvalue weighted by Gasteiger charge is 2.30. The van der Waals surface area contributed by atoms with Crippen molar-refractivity contribution in [1.29, 1.82) is 0 Å². The molecule has 0 atom stereocenters. The van der Waals surface area contributed by atoms with E-state index in [4.69, 9.17) is 0 Å². The first-order valence-electron chi connectivity index (χ1n) is 7.34. The third-order valence-corrected chi connectivity index (χ3v) is 4.64. The van der Waals surface area contributed by atoms with Gasteiger partial charge in [-0.15, -0.1) is 0 Å². The third kappa shape index (κ3) is 5.62. The van der Waals surface area contributed by atoms with E-state index in [0.717, 1.165) is 0 Å². The zero-order valence-electron chi connectivity index (χ0n) is 13.0. The van der Waals surface area contributed by atoms with Gasteiger partial charge in [0.05, 0.1) is 12.2 Å². The topological polar surface area (TPSA) is 95.6 Å². The Morgan fingerprint density at radius 2 is 2.04 bits per heavy atom. The standard InChI is InChI=1S/C14H16F3N3O4S/c15-14(16,17)5-8-25(23,24)19-12(21)10-3-1-4-11(9-10)20-7-2-6-18-13(20)22/h1,3-4,9H,2,5-8H2,(H,18,22)(H,19,21). The molecule has 0 bridgehead atoms. The lowest BCUT2D eigenvalue weighted by Gasteiger charge is -2.27. The van der Waals surface area contributed by atoms with Crippen molar-refractivity contribution in [2.45, 2.75) is 19.0 Å². The number of nitrogens with one attached hydrogen (secondary N) is 2. The van der Waals surface area contributed by atoms with Gasteiger partial charge in [-0.3, -0.25) is 9.69 Å². The Morgan fingerprint density at radius 3 is 2.68 bits per heavy atom. The monoisotopic (exact) mass is 379 g/mol. The van der Waals surface area contributed by atoms with Crippen molar-refractivity contribution < 1.29 is 31.2 Å². The SMILES string of the molecule is O=C(NS(=O)(=O)CCC(F)(F)F)c1cccc(N2CCCNC2=O)c1. The van der Waals surface area contributed by atoms with Gasteiger partial charge in [-0.1, -0.05) is 6.07 Å². The highest BCUT2D eigenvalue weighted by molar-refractivity contribution is 7.90. The lowest BCUT2D eigenvalue weighted by atomic mass is 10.1. The molecule has 1 aromatic carbocycles. The molecule has 1 heterocycles. The Hall–Kier alpha value is -2.30. The van der Waals surface area contributed by atoms with Crippen LogP contribution in [0.15, 0.2) is 24.3 Å².